The van der Waals surface area contributed by atoms with Crippen LogP contribution in [0.1, 0.15) is 0 Å². The first-order valence-electron chi connectivity index (χ1n) is 2.28. The van der Waals surface area contributed by atoms with Crippen molar-refractivity contribution in [2.75, 3.05) is 0 Å². The van der Waals surface area contributed by atoms with Crippen molar-refractivity contribution in [3.05, 3.63) is 4.84 Å². The van der Waals surface area contributed by atoms with Gasteiger partial charge in [-0.05, 0) is 0 Å². The van der Waals surface area contributed by atoms with Crippen molar-refractivity contribution in [1.29, 1.82) is 0 Å². The van der Waals surface area contributed by atoms with Crippen molar-refractivity contribution in [3.63, 3.8) is 0 Å². The molecule has 67 valence electrons. The highest BCUT2D eigenvalue weighted by Crippen LogP contribution is 2.44. The number of rotatable bonds is 3. The van der Waals surface area contributed by atoms with Crippen LogP contribution in [0.3, 0.4) is 0 Å². The van der Waals surface area contributed by atoms with Gasteiger partial charge in [-0.1, -0.05) is 46.4 Å². The fraction of sp³-hybridized carbons (Fsp3) is 0.750. The van der Waals surface area contributed by atoms with E-state index in [2.05, 4.69) is 0 Å². The Balaban J connectivity index is 4.29. The molecule has 0 N–H and O–H groups in total. The van der Waals surface area contributed by atoms with Crippen LogP contribution in [0.2, 0.25) is 0 Å². The summed E-state index contributed by atoms with van der Waals surface area (Å²) in [5, 5.41) is -1.01. The van der Waals surface area contributed by atoms with Crippen molar-refractivity contribution in [3.8, 4) is 0 Å². The molecule has 0 rings (SSSR count). The molecule has 0 aromatic carbocycles. The van der Waals surface area contributed by atoms with Gasteiger partial charge in [0.1, 0.15) is 10.2 Å². The Hall–Kier alpha value is 2.03. The second-order valence-electron chi connectivity index (χ2n) is 1.63. The molecule has 0 aliphatic carbocycles. The fourth-order valence-corrected chi connectivity index (χ4v) is 1.55. The summed E-state index contributed by atoms with van der Waals surface area (Å²) in [6.07, 6.45) is 0. The summed E-state index contributed by atoms with van der Waals surface area (Å²) in [6, 6.07) is 0. The standard InChI is InChI=1S/C4H2Cl7/c5-1(2(6)7)4(10,11)3(8)9/h1,3H. The molecule has 0 nitrogen and oxygen atoms in total. The van der Waals surface area contributed by atoms with Crippen LogP contribution in [-0.4, -0.2) is 14.5 Å². The third-order valence-electron chi connectivity index (χ3n) is 0.820. The highest BCUT2D eigenvalue weighted by Gasteiger charge is 2.43. The Morgan fingerprint density at radius 2 is 1.36 bits per heavy atom. The molecule has 0 saturated heterocycles. The van der Waals surface area contributed by atoms with Gasteiger partial charge in [-0.3, -0.25) is 0 Å². The predicted octanol–water partition coefficient (Wildman–Crippen LogP) is 4.54. The maximum Gasteiger partial charge on any atom is 0.171 e. The van der Waals surface area contributed by atoms with E-state index in [1.807, 2.05) is 0 Å². The van der Waals surface area contributed by atoms with Gasteiger partial charge in [0.25, 0.3) is 0 Å². The van der Waals surface area contributed by atoms with Crippen molar-refractivity contribution in [2.24, 2.45) is 0 Å². The van der Waals surface area contributed by atoms with Gasteiger partial charge in [0.2, 0.25) is 0 Å². The summed E-state index contributed by atoms with van der Waals surface area (Å²) in [6.45, 7) is 0. The Bertz CT molecular complexity index is 120. The quantitative estimate of drug-likeness (QED) is 0.671. The lowest BCUT2D eigenvalue weighted by Gasteiger charge is -2.25. The summed E-state index contributed by atoms with van der Waals surface area (Å²) in [7, 11) is 0. The molecule has 0 amide bonds. The molecule has 1 radical (unpaired) electrons. The van der Waals surface area contributed by atoms with E-state index in [1.54, 1.807) is 0 Å². The smallest absolute Gasteiger partial charge is 0.116 e. The van der Waals surface area contributed by atoms with Gasteiger partial charge in [0, 0.05) is 0 Å². The minimum absolute atomic E-state index is 0.178. The predicted molar refractivity (Wildman–Crippen MR) is 54.5 cm³/mol. The van der Waals surface area contributed by atoms with Crippen LogP contribution in [0.15, 0.2) is 0 Å². The largest absolute Gasteiger partial charge is 0.171 e. The maximum atomic E-state index is 5.60. The highest BCUT2D eigenvalue weighted by atomic mass is 35.5. The first-order chi connectivity index (χ1) is 4.80. The van der Waals surface area contributed by atoms with Crippen LogP contribution in [-0.2, 0) is 0 Å². The van der Waals surface area contributed by atoms with Crippen LogP contribution in [0.4, 0.5) is 0 Å². The highest BCUT2D eigenvalue weighted by molar-refractivity contribution is 6.65. The Morgan fingerprint density at radius 3 is 1.45 bits per heavy atom. The first kappa shape index (κ1) is 13.0. The zero-order valence-electron chi connectivity index (χ0n) is 4.80. The molecule has 0 saturated carbocycles. The maximum absolute atomic E-state index is 5.60. The van der Waals surface area contributed by atoms with Crippen LogP contribution in [0, 0.1) is 4.84 Å². The molecule has 0 aliphatic heterocycles. The van der Waals surface area contributed by atoms with E-state index in [1.165, 1.54) is 0 Å². The van der Waals surface area contributed by atoms with E-state index in [0.29, 0.717) is 0 Å². The molecule has 0 bridgehead atoms. The molecular weight excluding hydrogens is 296 g/mol. The van der Waals surface area contributed by atoms with Gasteiger partial charge in [0.05, 0.1) is 0 Å². The lowest BCUT2D eigenvalue weighted by atomic mass is 10.3. The Labute approximate surface area is 100.0 Å². The summed E-state index contributed by atoms with van der Waals surface area (Å²) in [4.78, 5) is -1.25. The van der Waals surface area contributed by atoms with Crippen LogP contribution in [0.25, 0.3) is 0 Å². The van der Waals surface area contributed by atoms with Crippen LogP contribution >= 0.6 is 81.2 Å². The monoisotopic (exact) mass is 295 g/mol. The van der Waals surface area contributed by atoms with Crippen molar-refractivity contribution in [1.82, 2.24) is 0 Å². The van der Waals surface area contributed by atoms with Crippen LogP contribution in [0.5, 0.6) is 0 Å². The average Bonchev–Trinajstić information content (AvgIpc) is 1.85. The van der Waals surface area contributed by atoms with E-state index in [4.69, 9.17) is 81.2 Å². The molecule has 0 aliphatic rings. The summed E-state index contributed by atoms with van der Waals surface area (Å²) in [5.41, 5.74) is 0. The molecule has 1 unspecified atom stereocenters. The van der Waals surface area contributed by atoms with E-state index in [9.17, 15) is 0 Å². The molecule has 0 fully saturated rings. The zero-order chi connectivity index (χ0) is 9.23. The van der Waals surface area contributed by atoms with Crippen molar-refractivity contribution in [2.45, 2.75) is 14.5 Å². The van der Waals surface area contributed by atoms with E-state index in [0.717, 1.165) is 0 Å². The molecule has 11 heavy (non-hydrogen) atoms. The lowest BCUT2D eigenvalue weighted by molar-refractivity contribution is 0.834. The summed E-state index contributed by atoms with van der Waals surface area (Å²) >= 11 is 38.2. The second kappa shape index (κ2) is 5.05. The Morgan fingerprint density at radius 1 is 1.00 bits per heavy atom. The summed E-state index contributed by atoms with van der Waals surface area (Å²) < 4.78 is -1.58. The molecular formula is C4H2Cl7. The zero-order valence-corrected chi connectivity index (χ0v) is 10.1. The van der Waals surface area contributed by atoms with Gasteiger partial charge in [0.15, 0.2) is 9.17 Å². The molecule has 0 heterocycles. The van der Waals surface area contributed by atoms with Crippen molar-refractivity contribution < 1.29 is 0 Å². The van der Waals surface area contributed by atoms with Gasteiger partial charge in [-0.2, -0.15) is 0 Å². The van der Waals surface area contributed by atoms with Crippen LogP contribution < -0.4 is 0 Å². The Kier molecular flexibility index (Phi) is 5.98. The number of alkyl halides is 5. The lowest BCUT2D eigenvalue weighted by Crippen LogP contribution is -2.34. The molecule has 7 heteroatoms. The number of hydrogen-bond donors (Lipinski definition) is 0. The third kappa shape index (κ3) is 3.72. The molecule has 0 aromatic rings. The molecule has 0 spiro atoms. The minimum Gasteiger partial charge on any atom is -0.116 e. The van der Waals surface area contributed by atoms with Crippen molar-refractivity contribution >= 4 is 81.2 Å². The fourth-order valence-electron chi connectivity index (χ4n) is 0.256. The molecule has 0 aromatic heterocycles. The number of hydrogen-bond acceptors (Lipinski definition) is 0. The topological polar surface area (TPSA) is 0 Å². The van der Waals surface area contributed by atoms with E-state index >= 15 is 0 Å². The van der Waals surface area contributed by atoms with Gasteiger partial charge < -0.3 is 0 Å². The number of halogens is 7. The van der Waals surface area contributed by atoms with Gasteiger partial charge in [-0.25, -0.2) is 0 Å². The van der Waals surface area contributed by atoms with Gasteiger partial charge >= 0.3 is 0 Å². The normalized spacial score (nSPS) is 16.1. The summed E-state index contributed by atoms with van der Waals surface area (Å²) in [5.74, 6) is 0. The minimum atomic E-state index is -1.58. The third-order valence-corrected chi connectivity index (χ3v) is 4.27. The second-order valence-corrected chi connectivity index (χ2v) is 5.61. The SMILES string of the molecule is Cl[C](Cl)C(Cl)C(Cl)(Cl)C(Cl)Cl. The first-order valence-corrected chi connectivity index (χ1v) is 5.10. The van der Waals surface area contributed by atoms with E-state index in [-0.39, 0.29) is 4.84 Å². The average molecular weight is 298 g/mol. The molecule has 1 atom stereocenters. The van der Waals surface area contributed by atoms with E-state index < -0.39 is 14.5 Å². The van der Waals surface area contributed by atoms with Gasteiger partial charge in [-0.15, -0.1) is 34.8 Å².